The predicted octanol–water partition coefficient (Wildman–Crippen LogP) is 2.60. The van der Waals surface area contributed by atoms with Crippen LogP contribution in [0.25, 0.3) is 0 Å². The number of nitrogens with one attached hydrogen (secondary N) is 1. The molecule has 2 heterocycles. The molecular weight excluding hydrogens is 332 g/mol. The van der Waals surface area contributed by atoms with Crippen molar-refractivity contribution >= 4 is 11.8 Å². The fourth-order valence-corrected chi connectivity index (χ4v) is 3.06. The largest absolute Gasteiger partial charge is 0.349 e. The Morgan fingerprint density at radius 3 is 2.85 bits per heavy atom. The van der Waals surface area contributed by atoms with Gasteiger partial charge in [0.2, 0.25) is 17.7 Å². The molecule has 1 N–H and O–H groups in total. The van der Waals surface area contributed by atoms with Crippen molar-refractivity contribution in [1.29, 1.82) is 0 Å². The number of nitrogens with zero attached hydrogens (tertiary/aromatic N) is 3. The number of hydrogen-bond donors (Lipinski definition) is 1. The SMILES string of the molecule is CC(C)CC(=O)NCc1noc([C@@H]2CCC(=O)N2Cc2ccccc2)n1. The molecule has 7 heteroatoms. The van der Waals surface area contributed by atoms with Gasteiger partial charge in [-0.05, 0) is 17.9 Å². The molecule has 0 saturated carbocycles. The van der Waals surface area contributed by atoms with Gasteiger partial charge in [-0.25, -0.2) is 0 Å². The van der Waals surface area contributed by atoms with Gasteiger partial charge in [0, 0.05) is 19.4 Å². The van der Waals surface area contributed by atoms with Crippen LogP contribution >= 0.6 is 0 Å². The maximum Gasteiger partial charge on any atom is 0.249 e. The predicted molar refractivity (Wildman–Crippen MR) is 94.6 cm³/mol. The Balaban J connectivity index is 1.63. The van der Waals surface area contributed by atoms with E-state index in [1.54, 1.807) is 4.90 Å². The van der Waals surface area contributed by atoms with E-state index in [0.717, 1.165) is 5.56 Å². The van der Waals surface area contributed by atoms with E-state index in [0.29, 0.717) is 43.4 Å². The summed E-state index contributed by atoms with van der Waals surface area (Å²) in [6, 6.07) is 9.63. The van der Waals surface area contributed by atoms with Crippen LogP contribution in [0.5, 0.6) is 0 Å². The smallest absolute Gasteiger partial charge is 0.249 e. The van der Waals surface area contributed by atoms with E-state index in [1.165, 1.54) is 0 Å². The maximum absolute atomic E-state index is 12.3. The molecule has 1 aliphatic rings. The van der Waals surface area contributed by atoms with E-state index in [9.17, 15) is 9.59 Å². The fraction of sp³-hybridized carbons (Fsp3) is 0.474. The second-order valence-electron chi connectivity index (χ2n) is 6.99. The van der Waals surface area contributed by atoms with Gasteiger partial charge in [0.05, 0.1) is 6.54 Å². The molecule has 2 aromatic rings. The van der Waals surface area contributed by atoms with Crippen molar-refractivity contribution in [2.75, 3.05) is 0 Å². The average molecular weight is 356 g/mol. The summed E-state index contributed by atoms with van der Waals surface area (Å²) in [7, 11) is 0. The molecule has 26 heavy (non-hydrogen) atoms. The lowest BCUT2D eigenvalue weighted by molar-refractivity contribution is -0.130. The normalized spacial score (nSPS) is 17.1. The van der Waals surface area contributed by atoms with Crippen molar-refractivity contribution in [1.82, 2.24) is 20.4 Å². The first-order valence-electron chi connectivity index (χ1n) is 8.95. The zero-order chi connectivity index (χ0) is 18.5. The molecule has 0 aliphatic carbocycles. The monoisotopic (exact) mass is 356 g/mol. The summed E-state index contributed by atoms with van der Waals surface area (Å²) in [6.45, 7) is 4.73. The Kier molecular flexibility index (Phi) is 5.65. The molecule has 1 aromatic carbocycles. The van der Waals surface area contributed by atoms with E-state index in [4.69, 9.17) is 4.52 Å². The van der Waals surface area contributed by atoms with E-state index in [-0.39, 0.29) is 24.4 Å². The second-order valence-corrected chi connectivity index (χ2v) is 6.99. The average Bonchev–Trinajstić information content (AvgIpc) is 3.21. The summed E-state index contributed by atoms with van der Waals surface area (Å²) in [4.78, 5) is 30.2. The molecule has 1 saturated heterocycles. The molecule has 1 fully saturated rings. The standard InChI is InChI=1S/C19H24N4O3/c1-13(2)10-17(24)20-11-16-21-19(26-22-16)15-8-9-18(25)23(15)12-14-6-4-3-5-7-14/h3-7,13,15H,8-12H2,1-2H3,(H,20,24)/t15-/m0/s1. The van der Waals surface area contributed by atoms with Crippen LogP contribution in [0.15, 0.2) is 34.9 Å². The number of amides is 2. The Morgan fingerprint density at radius 2 is 2.12 bits per heavy atom. The molecule has 7 nitrogen and oxygen atoms in total. The highest BCUT2D eigenvalue weighted by Gasteiger charge is 2.35. The molecule has 1 atom stereocenters. The van der Waals surface area contributed by atoms with Crippen molar-refractivity contribution < 1.29 is 14.1 Å². The highest BCUT2D eigenvalue weighted by atomic mass is 16.5. The topological polar surface area (TPSA) is 88.3 Å². The summed E-state index contributed by atoms with van der Waals surface area (Å²) in [5.41, 5.74) is 1.06. The third kappa shape index (κ3) is 4.47. The van der Waals surface area contributed by atoms with Gasteiger partial charge in [-0.15, -0.1) is 0 Å². The van der Waals surface area contributed by atoms with Gasteiger partial charge >= 0.3 is 0 Å². The van der Waals surface area contributed by atoms with Crippen molar-refractivity contribution in [3.05, 3.63) is 47.6 Å². The summed E-state index contributed by atoms with van der Waals surface area (Å²) < 4.78 is 5.37. The Bertz CT molecular complexity index is 757. The van der Waals surface area contributed by atoms with Crippen molar-refractivity contribution in [3.63, 3.8) is 0 Å². The highest BCUT2D eigenvalue weighted by Crippen LogP contribution is 2.33. The number of benzene rings is 1. The minimum atomic E-state index is -0.213. The second kappa shape index (κ2) is 8.12. The Labute approximate surface area is 152 Å². The minimum Gasteiger partial charge on any atom is -0.349 e. The van der Waals surface area contributed by atoms with Crippen molar-refractivity contribution in [2.24, 2.45) is 5.92 Å². The molecular formula is C19H24N4O3. The zero-order valence-corrected chi connectivity index (χ0v) is 15.1. The third-order valence-corrected chi connectivity index (χ3v) is 4.33. The summed E-state index contributed by atoms with van der Waals surface area (Å²) in [6.07, 6.45) is 1.60. The lowest BCUT2D eigenvalue weighted by Crippen LogP contribution is -2.27. The number of rotatable bonds is 7. The quantitative estimate of drug-likeness (QED) is 0.824. The van der Waals surface area contributed by atoms with Crippen LogP contribution in [-0.4, -0.2) is 26.9 Å². The molecule has 2 amide bonds. The number of hydrogen-bond acceptors (Lipinski definition) is 5. The minimum absolute atomic E-state index is 0.0342. The molecule has 1 aromatic heterocycles. The van der Waals surface area contributed by atoms with Gasteiger partial charge in [-0.2, -0.15) is 4.98 Å². The third-order valence-electron chi connectivity index (χ3n) is 4.33. The van der Waals surface area contributed by atoms with Crippen molar-refractivity contribution in [2.45, 2.75) is 52.2 Å². The van der Waals surface area contributed by atoms with Crippen LogP contribution in [0.3, 0.4) is 0 Å². The maximum atomic E-state index is 12.3. The van der Waals surface area contributed by atoms with Crippen LogP contribution in [0, 0.1) is 5.92 Å². The lowest BCUT2D eigenvalue weighted by Gasteiger charge is -2.22. The lowest BCUT2D eigenvalue weighted by atomic mass is 10.1. The summed E-state index contributed by atoms with van der Waals surface area (Å²) >= 11 is 0. The number of carbonyl (C=O) groups is 2. The number of likely N-dealkylation sites (tertiary alicyclic amines) is 1. The summed E-state index contributed by atoms with van der Waals surface area (Å²) in [5.74, 6) is 1.21. The van der Waals surface area contributed by atoms with Gasteiger partial charge in [0.1, 0.15) is 6.04 Å². The van der Waals surface area contributed by atoms with Gasteiger partial charge in [-0.3, -0.25) is 9.59 Å². The Hall–Kier alpha value is -2.70. The van der Waals surface area contributed by atoms with Gasteiger partial charge in [0.25, 0.3) is 0 Å². The molecule has 0 bridgehead atoms. The highest BCUT2D eigenvalue weighted by molar-refractivity contribution is 5.78. The molecule has 0 unspecified atom stereocenters. The molecule has 3 rings (SSSR count). The van der Waals surface area contributed by atoms with E-state index in [1.807, 2.05) is 44.2 Å². The fourth-order valence-electron chi connectivity index (χ4n) is 3.06. The van der Waals surface area contributed by atoms with E-state index in [2.05, 4.69) is 15.5 Å². The molecule has 0 radical (unpaired) electrons. The molecule has 0 spiro atoms. The van der Waals surface area contributed by atoms with Gasteiger partial charge < -0.3 is 14.7 Å². The van der Waals surface area contributed by atoms with Crippen LogP contribution in [0.4, 0.5) is 0 Å². The molecule has 1 aliphatic heterocycles. The number of carbonyl (C=O) groups excluding carboxylic acids is 2. The van der Waals surface area contributed by atoms with Crippen molar-refractivity contribution in [3.8, 4) is 0 Å². The van der Waals surface area contributed by atoms with Gasteiger partial charge in [0.15, 0.2) is 5.82 Å². The first kappa shape index (κ1) is 18.1. The van der Waals surface area contributed by atoms with Crippen LogP contribution in [-0.2, 0) is 22.7 Å². The Morgan fingerprint density at radius 1 is 1.35 bits per heavy atom. The molecule has 138 valence electrons. The van der Waals surface area contributed by atoms with Crippen LogP contribution in [0.1, 0.15) is 56.4 Å². The number of aromatic nitrogens is 2. The van der Waals surface area contributed by atoms with E-state index < -0.39 is 0 Å². The zero-order valence-electron chi connectivity index (χ0n) is 15.1. The van der Waals surface area contributed by atoms with Gasteiger partial charge in [-0.1, -0.05) is 49.3 Å². The summed E-state index contributed by atoms with van der Waals surface area (Å²) in [5, 5.41) is 6.73. The first-order valence-corrected chi connectivity index (χ1v) is 8.95. The van der Waals surface area contributed by atoms with Crippen LogP contribution in [0.2, 0.25) is 0 Å². The first-order chi connectivity index (χ1) is 12.5. The van der Waals surface area contributed by atoms with Crippen LogP contribution < -0.4 is 5.32 Å². The van der Waals surface area contributed by atoms with E-state index >= 15 is 0 Å².